The van der Waals surface area contributed by atoms with Crippen molar-refractivity contribution in [2.75, 3.05) is 0 Å². The van der Waals surface area contributed by atoms with Crippen LogP contribution in [-0.4, -0.2) is 16.8 Å². The molecule has 0 unspecified atom stereocenters. The van der Waals surface area contributed by atoms with Crippen molar-refractivity contribution < 1.29 is 14.5 Å². The summed E-state index contributed by atoms with van der Waals surface area (Å²) in [6, 6.07) is 17.7. The summed E-state index contributed by atoms with van der Waals surface area (Å²) in [4.78, 5) is 26.8. The highest BCUT2D eigenvalue weighted by Gasteiger charge is 2.24. The van der Waals surface area contributed by atoms with Crippen LogP contribution in [0.3, 0.4) is 0 Å². The molecule has 3 aromatic rings. The Hall–Kier alpha value is -3.51. The first-order valence-corrected chi connectivity index (χ1v) is 8.35. The first-order chi connectivity index (χ1) is 13.0. The molecule has 0 spiro atoms. The number of rotatable bonds is 3. The molecule has 0 N–H and O–H groups in total. The summed E-state index contributed by atoms with van der Waals surface area (Å²) in [7, 11) is 0. The number of benzene rings is 3. The molecular weight excluding hydrogens is 368 g/mol. The van der Waals surface area contributed by atoms with Crippen molar-refractivity contribution in [3.8, 4) is 0 Å². The highest BCUT2D eigenvalue weighted by molar-refractivity contribution is 6.32. The number of esters is 1. The van der Waals surface area contributed by atoms with Crippen molar-refractivity contribution in [2.45, 2.75) is 0 Å². The molecule has 0 bridgehead atoms. The summed E-state index contributed by atoms with van der Waals surface area (Å²) in [5.41, 5.74) is 0.931. The maximum absolute atomic E-state index is 12.1. The zero-order valence-corrected chi connectivity index (χ0v) is 14.5. The molecule has 0 saturated heterocycles. The number of ether oxygens (including phenoxy) is 1. The van der Waals surface area contributed by atoms with Gasteiger partial charge >= 0.3 is 5.97 Å². The molecule has 4 rings (SSSR count). The lowest BCUT2D eigenvalue weighted by Crippen LogP contribution is -2.05. The van der Waals surface area contributed by atoms with Gasteiger partial charge in [-0.15, -0.1) is 0 Å². The van der Waals surface area contributed by atoms with E-state index in [2.05, 4.69) is 4.99 Å². The molecule has 0 fully saturated rings. The normalized spacial score (nSPS) is 15.1. The molecule has 27 heavy (non-hydrogen) atoms. The molecule has 0 saturated carbocycles. The standard InChI is InChI=1S/C20H11ClN2O4/c21-16-8-5-12(10-18(16)23(25)26)9-17-20(24)27-19(22-17)15-7-6-13-3-1-2-4-14(13)11-15/h1-11H/b17-9-. The topological polar surface area (TPSA) is 81.8 Å². The number of halogens is 1. The molecule has 1 aliphatic rings. The molecule has 0 radical (unpaired) electrons. The molecular formula is C20H11ClN2O4. The second-order valence-corrected chi connectivity index (χ2v) is 6.27. The van der Waals surface area contributed by atoms with E-state index in [4.69, 9.17) is 16.3 Å². The molecule has 1 heterocycles. The Kier molecular flexibility index (Phi) is 4.18. The van der Waals surface area contributed by atoms with Crippen LogP contribution in [0.1, 0.15) is 11.1 Å². The zero-order valence-electron chi connectivity index (χ0n) is 13.8. The second-order valence-electron chi connectivity index (χ2n) is 5.87. The predicted molar refractivity (Wildman–Crippen MR) is 103 cm³/mol. The van der Waals surface area contributed by atoms with Gasteiger partial charge in [-0.2, -0.15) is 0 Å². The van der Waals surface area contributed by atoms with Crippen LogP contribution in [0.2, 0.25) is 5.02 Å². The fourth-order valence-electron chi connectivity index (χ4n) is 2.77. The molecule has 0 amide bonds. The fraction of sp³-hybridized carbons (Fsp3) is 0. The smallest absolute Gasteiger partial charge is 0.363 e. The number of fused-ring (bicyclic) bond motifs is 1. The van der Waals surface area contributed by atoms with Gasteiger partial charge in [-0.1, -0.05) is 48.0 Å². The highest BCUT2D eigenvalue weighted by atomic mass is 35.5. The Morgan fingerprint density at radius 3 is 2.59 bits per heavy atom. The number of nitro groups is 1. The van der Waals surface area contributed by atoms with E-state index in [1.54, 1.807) is 6.07 Å². The third-order valence-corrected chi connectivity index (χ3v) is 4.41. The van der Waals surface area contributed by atoms with Gasteiger partial charge in [0.2, 0.25) is 5.90 Å². The number of hydrogen-bond donors (Lipinski definition) is 0. The van der Waals surface area contributed by atoms with Crippen LogP contribution in [0.15, 0.2) is 71.4 Å². The van der Waals surface area contributed by atoms with Crippen LogP contribution in [0.5, 0.6) is 0 Å². The minimum atomic E-state index is -0.615. The number of aliphatic imine (C=N–C) groups is 1. The molecule has 0 aliphatic carbocycles. The van der Waals surface area contributed by atoms with E-state index in [-0.39, 0.29) is 22.3 Å². The summed E-state index contributed by atoms with van der Waals surface area (Å²) in [6.45, 7) is 0. The maximum Gasteiger partial charge on any atom is 0.363 e. The fourth-order valence-corrected chi connectivity index (χ4v) is 2.96. The van der Waals surface area contributed by atoms with E-state index in [1.807, 2.05) is 42.5 Å². The van der Waals surface area contributed by atoms with Crippen LogP contribution >= 0.6 is 11.6 Å². The maximum atomic E-state index is 12.1. The Bertz CT molecular complexity index is 1170. The van der Waals surface area contributed by atoms with Gasteiger partial charge in [-0.3, -0.25) is 10.1 Å². The lowest BCUT2D eigenvalue weighted by atomic mass is 10.1. The first kappa shape index (κ1) is 16.9. The van der Waals surface area contributed by atoms with E-state index in [1.165, 1.54) is 18.2 Å². The molecule has 6 nitrogen and oxygen atoms in total. The van der Waals surface area contributed by atoms with Gasteiger partial charge in [0.25, 0.3) is 5.69 Å². The number of carbonyl (C=O) groups excluding carboxylic acids is 1. The SMILES string of the molecule is O=C1OC(c2ccc3ccccc3c2)=N/C1=C\c1ccc(Cl)c([N+](=O)[O-])c1. The summed E-state index contributed by atoms with van der Waals surface area (Å²) in [6.07, 6.45) is 1.43. The average Bonchev–Trinajstić information content (AvgIpc) is 3.03. The monoisotopic (exact) mass is 378 g/mol. The second kappa shape index (κ2) is 6.66. The summed E-state index contributed by atoms with van der Waals surface area (Å²) in [5.74, 6) is -0.420. The van der Waals surface area contributed by atoms with Gasteiger partial charge < -0.3 is 4.74 Å². The highest BCUT2D eigenvalue weighted by Crippen LogP contribution is 2.27. The molecule has 7 heteroatoms. The molecule has 1 aliphatic heterocycles. The number of nitro benzene ring substituents is 1. The first-order valence-electron chi connectivity index (χ1n) is 7.97. The van der Waals surface area contributed by atoms with Crippen molar-refractivity contribution >= 4 is 46.0 Å². The summed E-state index contributed by atoms with van der Waals surface area (Å²) < 4.78 is 5.27. The van der Waals surface area contributed by atoms with Crippen molar-refractivity contribution in [1.29, 1.82) is 0 Å². The van der Waals surface area contributed by atoms with Crippen LogP contribution in [0, 0.1) is 10.1 Å². The minimum Gasteiger partial charge on any atom is -0.402 e. The Morgan fingerprint density at radius 1 is 1.04 bits per heavy atom. The summed E-state index contributed by atoms with van der Waals surface area (Å²) in [5, 5.41) is 13.1. The van der Waals surface area contributed by atoms with E-state index in [0.717, 1.165) is 10.8 Å². The average molecular weight is 379 g/mol. The Labute approximate surface area is 158 Å². The number of cyclic esters (lactones) is 1. The van der Waals surface area contributed by atoms with E-state index >= 15 is 0 Å². The molecule has 132 valence electrons. The van der Waals surface area contributed by atoms with Crippen molar-refractivity contribution in [3.05, 3.63) is 92.6 Å². The third-order valence-electron chi connectivity index (χ3n) is 4.09. The van der Waals surface area contributed by atoms with Gasteiger partial charge in [0, 0.05) is 11.6 Å². The largest absolute Gasteiger partial charge is 0.402 e. The third kappa shape index (κ3) is 3.30. The van der Waals surface area contributed by atoms with E-state index < -0.39 is 10.9 Å². The van der Waals surface area contributed by atoms with E-state index in [0.29, 0.717) is 11.1 Å². The van der Waals surface area contributed by atoms with Crippen LogP contribution < -0.4 is 0 Å². The van der Waals surface area contributed by atoms with Gasteiger partial charge in [0.1, 0.15) is 5.02 Å². The quantitative estimate of drug-likeness (QED) is 0.285. The lowest BCUT2D eigenvalue weighted by molar-refractivity contribution is -0.384. The van der Waals surface area contributed by atoms with Gasteiger partial charge in [-0.05, 0) is 40.6 Å². The minimum absolute atomic E-state index is 0.0245. The summed E-state index contributed by atoms with van der Waals surface area (Å²) >= 11 is 5.81. The molecule has 0 aromatic heterocycles. The molecule has 3 aromatic carbocycles. The van der Waals surface area contributed by atoms with Gasteiger partial charge in [0.15, 0.2) is 5.70 Å². The number of hydrogen-bond acceptors (Lipinski definition) is 5. The number of nitrogens with zero attached hydrogens (tertiary/aromatic N) is 2. The Morgan fingerprint density at radius 2 is 1.81 bits per heavy atom. The van der Waals surface area contributed by atoms with Gasteiger partial charge in [0.05, 0.1) is 4.92 Å². The van der Waals surface area contributed by atoms with Crippen LogP contribution in [-0.2, 0) is 9.53 Å². The lowest BCUT2D eigenvalue weighted by Gasteiger charge is -2.02. The number of carbonyl (C=O) groups is 1. The van der Waals surface area contributed by atoms with Crippen molar-refractivity contribution in [3.63, 3.8) is 0 Å². The van der Waals surface area contributed by atoms with Gasteiger partial charge in [-0.25, -0.2) is 9.79 Å². The van der Waals surface area contributed by atoms with Crippen molar-refractivity contribution in [2.24, 2.45) is 4.99 Å². The van der Waals surface area contributed by atoms with Crippen LogP contribution in [0.25, 0.3) is 16.8 Å². The predicted octanol–water partition coefficient (Wildman–Crippen LogP) is 4.75. The van der Waals surface area contributed by atoms with Crippen LogP contribution in [0.4, 0.5) is 5.69 Å². The van der Waals surface area contributed by atoms with Crippen molar-refractivity contribution in [1.82, 2.24) is 0 Å². The zero-order chi connectivity index (χ0) is 19.0. The Balaban J connectivity index is 1.71. The molecule has 0 atom stereocenters. The van der Waals surface area contributed by atoms with E-state index in [9.17, 15) is 14.9 Å².